The number of hydrogen-bond acceptors (Lipinski definition) is 2. The van der Waals surface area contributed by atoms with Crippen LogP contribution in [-0.4, -0.2) is 13.3 Å². The normalized spacial score (nSPS) is 15.8. The lowest BCUT2D eigenvalue weighted by molar-refractivity contribution is 0.304. The molecule has 0 aromatic heterocycles. The predicted octanol–water partition coefficient (Wildman–Crippen LogP) is 5.62. The van der Waals surface area contributed by atoms with Crippen molar-refractivity contribution >= 4 is 25.4 Å². The molecule has 0 bridgehead atoms. The van der Waals surface area contributed by atoms with E-state index in [9.17, 15) is 0 Å². The Morgan fingerprint density at radius 3 is 2.55 bits per heavy atom. The Hall–Kier alpha value is -2.96. The average Bonchev–Trinajstić information content (AvgIpc) is 2.81. The topological polar surface area (TPSA) is 21.6 Å². The van der Waals surface area contributed by atoms with Crippen LogP contribution in [0.15, 0.2) is 102 Å². The maximum atomic E-state index is 6.50. The van der Waals surface area contributed by atoms with Gasteiger partial charge in [0.15, 0.2) is 0 Å². The fourth-order valence-electron chi connectivity index (χ4n) is 3.82. The molecule has 0 heterocycles. The summed E-state index contributed by atoms with van der Waals surface area (Å²) in [4.78, 5) is 4.24. The van der Waals surface area contributed by atoms with Crippen molar-refractivity contribution in [3.63, 3.8) is 0 Å². The molecule has 0 fully saturated rings. The van der Waals surface area contributed by atoms with Gasteiger partial charge in [-0.25, -0.2) is 0 Å². The van der Waals surface area contributed by atoms with E-state index in [2.05, 4.69) is 96.0 Å². The van der Waals surface area contributed by atoms with Crippen LogP contribution in [-0.2, 0) is 13.0 Å². The molecule has 0 radical (unpaired) electrons. The summed E-state index contributed by atoms with van der Waals surface area (Å²) >= 11 is 0. The van der Waals surface area contributed by atoms with Crippen LogP contribution in [0.3, 0.4) is 0 Å². The highest BCUT2D eigenvalue weighted by Crippen LogP contribution is 2.29. The summed E-state index contributed by atoms with van der Waals surface area (Å²) < 4.78 is 6.50. The monoisotopic (exact) mass is 425 g/mol. The van der Waals surface area contributed by atoms with Crippen LogP contribution < -0.4 is 15.3 Å². The van der Waals surface area contributed by atoms with E-state index in [1.165, 1.54) is 27.3 Å². The smallest absolute Gasteiger partial charge is 0.130 e. The van der Waals surface area contributed by atoms with Gasteiger partial charge in [0, 0.05) is 18.6 Å². The zero-order valence-electron chi connectivity index (χ0n) is 17.9. The Bertz CT molecular complexity index is 1090. The van der Waals surface area contributed by atoms with Crippen LogP contribution in [0.1, 0.15) is 23.1 Å². The summed E-state index contributed by atoms with van der Waals surface area (Å²) in [7, 11) is 2.33. The summed E-state index contributed by atoms with van der Waals surface area (Å²) in [6, 6.07) is 25.5. The highest BCUT2D eigenvalue weighted by Gasteiger charge is 2.16. The van der Waals surface area contributed by atoms with Crippen LogP contribution in [0, 0.1) is 5.92 Å². The van der Waals surface area contributed by atoms with Crippen molar-refractivity contribution in [1.29, 1.82) is 0 Å². The third kappa shape index (κ3) is 5.81. The fourth-order valence-corrected chi connectivity index (χ4v) is 5.11. The van der Waals surface area contributed by atoms with Crippen molar-refractivity contribution in [2.75, 3.05) is 7.05 Å². The lowest BCUT2D eigenvalue weighted by Crippen LogP contribution is -2.15. The Labute approximate surface area is 187 Å². The summed E-state index contributed by atoms with van der Waals surface area (Å²) in [5.41, 5.74) is 3.64. The van der Waals surface area contributed by atoms with Crippen LogP contribution in [0.2, 0.25) is 0 Å². The number of nitrogens with zero attached hydrogens (tertiary/aromatic N) is 1. The minimum atomic E-state index is 0.512. The molecular formula is C28H28NOP. The zero-order valence-corrected chi connectivity index (χ0v) is 18.9. The third-order valence-electron chi connectivity index (χ3n) is 5.37. The molecule has 156 valence electrons. The van der Waals surface area contributed by atoms with Gasteiger partial charge in [0.1, 0.15) is 12.4 Å². The van der Waals surface area contributed by atoms with Crippen molar-refractivity contribution in [3.05, 3.63) is 114 Å². The van der Waals surface area contributed by atoms with Gasteiger partial charge in [-0.15, -0.1) is 0 Å². The minimum absolute atomic E-state index is 0.512. The second kappa shape index (κ2) is 10.9. The van der Waals surface area contributed by atoms with E-state index in [4.69, 9.17) is 4.74 Å². The molecule has 0 saturated heterocycles. The number of hydrogen-bond donors (Lipinski definition) is 0. The van der Waals surface area contributed by atoms with E-state index < -0.39 is 0 Å². The quantitative estimate of drug-likeness (QED) is 0.339. The molecule has 1 aliphatic carbocycles. The van der Waals surface area contributed by atoms with E-state index in [0.717, 1.165) is 18.6 Å². The first-order valence-electron chi connectivity index (χ1n) is 10.7. The van der Waals surface area contributed by atoms with E-state index >= 15 is 0 Å². The van der Waals surface area contributed by atoms with Gasteiger partial charge in [-0.2, -0.15) is 0 Å². The summed E-state index contributed by atoms with van der Waals surface area (Å²) in [6.45, 7) is 0.577. The molecule has 31 heavy (non-hydrogen) atoms. The molecule has 3 heteroatoms. The standard InChI is InChI=1S/C28H28NOP/c1-29-20-25-15-8-9-17-26(25)31-27-18-10-16-24(19-22-11-4-2-5-12-22)28(27)30-21-23-13-6-3-7-14-23/h2-11,13-18,20,22,31H,12,19,21H2,1H3/b29-20+. The molecule has 0 N–H and O–H groups in total. The Balaban J connectivity index is 1.65. The van der Waals surface area contributed by atoms with Crippen molar-refractivity contribution in [2.24, 2.45) is 10.9 Å². The molecule has 3 aromatic carbocycles. The molecule has 4 rings (SSSR count). The number of ether oxygens (including phenoxy) is 1. The molecular weight excluding hydrogens is 397 g/mol. The maximum Gasteiger partial charge on any atom is 0.130 e. The van der Waals surface area contributed by atoms with E-state index in [0.29, 0.717) is 21.1 Å². The minimum Gasteiger partial charge on any atom is -0.488 e. The summed E-state index contributed by atoms with van der Waals surface area (Å²) in [5, 5.41) is 2.54. The van der Waals surface area contributed by atoms with Crippen molar-refractivity contribution < 1.29 is 4.74 Å². The van der Waals surface area contributed by atoms with E-state index in [1.807, 2.05) is 19.3 Å². The first-order valence-corrected chi connectivity index (χ1v) is 11.7. The lowest BCUT2D eigenvalue weighted by Gasteiger charge is -2.20. The second-order valence-electron chi connectivity index (χ2n) is 7.68. The van der Waals surface area contributed by atoms with Gasteiger partial charge in [0.2, 0.25) is 0 Å². The van der Waals surface area contributed by atoms with E-state index in [1.54, 1.807) is 0 Å². The lowest BCUT2D eigenvalue weighted by atomic mass is 9.93. The molecule has 2 unspecified atom stereocenters. The molecule has 0 saturated carbocycles. The van der Waals surface area contributed by atoms with Crippen molar-refractivity contribution in [1.82, 2.24) is 0 Å². The largest absolute Gasteiger partial charge is 0.488 e. The highest BCUT2D eigenvalue weighted by molar-refractivity contribution is 7.56. The number of allylic oxidation sites excluding steroid dienone is 4. The van der Waals surface area contributed by atoms with Crippen molar-refractivity contribution in [2.45, 2.75) is 19.4 Å². The zero-order chi connectivity index (χ0) is 21.3. The van der Waals surface area contributed by atoms with Crippen LogP contribution in [0.25, 0.3) is 0 Å². The number of rotatable bonds is 8. The van der Waals surface area contributed by atoms with Gasteiger partial charge in [-0.1, -0.05) is 106 Å². The number of benzene rings is 3. The third-order valence-corrected chi connectivity index (χ3v) is 6.76. The first kappa shape index (κ1) is 21.3. The van der Waals surface area contributed by atoms with Gasteiger partial charge in [-0.3, -0.25) is 4.99 Å². The molecule has 0 spiro atoms. The van der Waals surface area contributed by atoms with Gasteiger partial charge in [0.25, 0.3) is 0 Å². The molecule has 1 aliphatic rings. The maximum absolute atomic E-state index is 6.50. The molecule has 2 atom stereocenters. The highest BCUT2D eigenvalue weighted by atomic mass is 31.1. The first-order chi connectivity index (χ1) is 15.3. The molecule has 0 aliphatic heterocycles. The summed E-state index contributed by atoms with van der Waals surface area (Å²) in [6.07, 6.45) is 12.9. The number of para-hydroxylation sites is 1. The molecule has 2 nitrogen and oxygen atoms in total. The fraction of sp³-hybridized carbons (Fsp3) is 0.179. The Morgan fingerprint density at radius 1 is 0.935 bits per heavy atom. The van der Waals surface area contributed by atoms with Gasteiger partial charge >= 0.3 is 0 Å². The van der Waals surface area contributed by atoms with Gasteiger partial charge in [-0.05, 0) is 40.8 Å². The Kier molecular flexibility index (Phi) is 7.47. The van der Waals surface area contributed by atoms with E-state index in [-0.39, 0.29) is 0 Å². The van der Waals surface area contributed by atoms with Crippen LogP contribution in [0.5, 0.6) is 5.75 Å². The van der Waals surface area contributed by atoms with Crippen LogP contribution >= 0.6 is 8.58 Å². The predicted molar refractivity (Wildman–Crippen MR) is 135 cm³/mol. The Morgan fingerprint density at radius 2 is 1.74 bits per heavy atom. The average molecular weight is 426 g/mol. The second-order valence-corrected chi connectivity index (χ2v) is 9.01. The van der Waals surface area contributed by atoms with Gasteiger partial charge in [0.05, 0.1) is 0 Å². The summed E-state index contributed by atoms with van der Waals surface area (Å²) in [5.74, 6) is 1.55. The SMILES string of the molecule is C/N=C/c1ccccc1Pc1cccc(CC2C=CC=CC2)c1OCc1ccccc1. The van der Waals surface area contributed by atoms with Crippen LogP contribution in [0.4, 0.5) is 0 Å². The molecule has 3 aromatic rings. The molecule has 0 amide bonds. The van der Waals surface area contributed by atoms with Gasteiger partial charge < -0.3 is 4.74 Å². The van der Waals surface area contributed by atoms with Crippen molar-refractivity contribution in [3.8, 4) is 5.75 Å². The number of aliphatic imine (C=N–C) groups is 1.